The summed E-state index contributed by atoms with van der Waals surface area (Å²) in [7, 11) is 1.29. The van der Waals surface area contributed by atoms with Crippen LogP contribution in [0.3, 0.4) is 0 Å². The van der Waals surface area contributed by atoms with E-state index in [4.69, 9.17) is 21.6 Å². The number of ether oxygens (including phenoxy) is 2. The van der Waals surface area contributed by atoms with Gasteiger partial charge in [-0.1, -0.05) is 11.6 Å². The zero-order valence-corrected chi connectivity index (χ0v) is 9.62. The van der Waals surface area contributed by atoms with Crippen molar-refractivity contribution >= 4 is 17.6 Å². The fourth-order valence-electron chi connectivity index (χ4n) is 1.08. The summed E-state index contributed by atoms with van der Waals surface area (Å²) in [6, 6.07) is 6.52. The highest BCUT2D eigenvalue weighted by Crippen LogP contribution is 2.22. The monoisotopic (exact) mass is 239 g/mol. The Bertz CT molecular complexity index is 439. The zero-order valence-electron chi connectivity index (χ0n) is 8.86. The maximum absolute atomic E-state index is 11.1. The third kappa shape index (κ3) is 2.88. The molecule has 1 rings (SSSR count). The Balaban J connectivity index is 2.80. The molecule has 5 heteroatoms. The summed E-state index contributed by atoms with van der Waals surface area (Å²) < 4.78 is 9.79. The van der Waals surface area contributed by atoms with Crippen LogP contribution in [0.4, 0.5) is 0 Å². The van der Waals surface area contributed by atoms with E-state index in [1.54, 1.807) is 13.0 Å². The molecule has 1 aromatic carbocycles. The van der Waals surface area contributed by atoms with Gasteiger partial charge in [-0.3, -0.25) is 0 Å². The maximum atomic E-state index is 11.1. The molecule has 16 heavy (non-hydrogen) atoms. The summed E-state index contributed by atoms with van der Waals surface area (Å²) in [5.41, 5.74) is 0.361. The Kier molecular flexibility index (Phi) is 4.15. The molecule has 0 saturated carbocycles. The Hall–Kier alpha value is -1.73. The number of hydrogen-bond donors (Lipinski definition) is 0. The standard InChI is InChI=1S/C11H10ClNO3/c1-7(11(14)15-2)16-9-4-3-8(6-13)10(12)5-9/h3-5,7H,1-2H3/t7-/m1/s1. The third-order valence-corrected chi connectivity index (χ3v) is 2.22. The first kappa shape index (κ1) is 12.3. The van der Waals surface area contributed by atoms with E-state index in [0.717, 1.165) is 0 Å². The minimum atomic E-state index is -0.714. The van der Waals surface area contributed by atoms with Gasteiger partial charge in [0, 0.05) is 6.07 Å². The number of rotatable bonds is 3. The van der Waals surface area contributed by atoms with Gasteiger partial charge in [0.2, 0.25) is 0 Å². The van der Waals surface area contributed by atoms with E-state index >= 15 is 0 Å². The number of carbonyl (C=O) groups is 1. The van der Waals surface area contributed by atoms with E-state index in [1.807, 2.05) is 6.07 Å². The van der Waals surface area contributed by atoms with Crippen LogP contribution >= 0.6 is 11.6 Å². The maximum Gasteiger partial charge on any atom is 0.346 e. The van der Waals surface area contributed by atoms with Crippen molar-refractivity contribution in [2.24, 2.45) is 0 Å². The topological polar surface area (TPSA) is 59.3 Å². The van der Waals surface area contributed by atoms with Crippen LogP contribution in [-0.2, 0) is 9.53 Å². The van der Waals surface area contributed by atoms with Gasteiger partial charge in [0.25, 0.3) is 0 Å². The average Bonchev–Trinajstić information content (AvgIpc) is 2.28. The molecule has 4 nitrogen and oxygen atoms in total. The number of carbonyl (C=O) groups excluding carboxylic acids is 1. The highest BCUT2D eigenvalue weighted by Gasteiger charge is 2.15. The SMILES string of the molecule is COC(=O)[C@@H](C)Oc1ccc(C#N)c(Cl)c1. The van der Waals surface area contributed by atoms with Crippen LogP contribution in [-0.4, -0.2) is 19.2 Å². The van der Waals surface area contributed by atoms with Gasteiger partial charge < -0.3 is 9.47 Å². The van der Waals surface area contributed by atoms with E-state index in [2.05, 4.69) is 4.74 Å². The lowest BCUT2D eigenvalue weighted by Crippen LogP contribution is -2.24. The molecular formula is C11H10ClNO3. The Morgan fingerprint density at radius 3 is 2.75 bits per heavy atom. The minimum absolute atomic E-state index is 0.289. The summed E-state index contributed by atoms with van der Waals surface area (Å²) in [4.78, 5) is 11.1. The van der Waals surface area contributed by atoms with Crippen molar-refractivity contribution in [2.45, 2.75) is 13.0 Å². The van der Waals surface area contributed by atoms with Gasteiger partial charge >= 0.3 is 5.97 Å². The number of nitrogens with zero attached hydrogens (tertiary/aromatic N) is 1. The lowest BCUT2D eigenvalue weighted by atomic mass is 10.2. The van der Waals surface area contributed by atoms with E-state index in [-0.39, 0.29) is 5.02 Å². The van der Waals surface area contributed by atoms with Gasteiger partial charge in [-0.05, 0) is 19.1 Å². The van der Waals surface area contributed by atoms with Crippen LogP contribution in [0.2, 0.25) is 5.02 Å². The van der Waals surface area contributed by atoms with Crippen LogP contribution in [0, 0.1) is 11.3 Å². The molecule has 0 unspecified atom stereocenters. The van der Waals surface area contributed by atoms with E-state index in [1.165, 1.54) is 19.2 Å². The van der Waals surface area contributed by atoms with Crippen LogP contribution in [0.5, 0.6) is 5.75 Å². The molecule has 84 valence electrons. The normalized spacial score (nSPS) is 11.4. The number of halogens is 1. The molecule has 0 N–H and O–H groups in total. The molecule has 0 spiro atoms. The van der Waals surface area contributed by atoms with Crippen molar-refractivity contribution in [3.8, 4) is 11.8 Å². The summed E-state index contributed by atoms with van der Waals surface area (Å²) in [6.45, 7) is 1.57. The lowest BCUT2D eigenvalue weighted by molar-refractivity contribution is -0.147. The van der Waals surface area contributed by atoms with Gasteiger partial charge in [-0.15, -0.1) is 0 Å². The number of methoxy groups -OCH3 is 1. The Morgan fingerprint density at radius 1 is 1.56 bits per heavy atom. The Labute approximate surface area is 98.3 Å². The van der Waals surface area contributed by atoms with Crippen molar-refractivity contribution in [3.63, 3.8) is 0 Å². The largest absolute Gasteiger partial charge is 0.479 e. The van der Waals surface area contributed by atoms with Gasteiger partial charge in [-0.2, -0.15) is 5.26 Å². The lowest BCUT2D eigenvalue weighted by Gasteiger charge is -2.12. The number of benzene rings is 1. The predicted molar refractivity (Wildman–Crippen MR) is 58.3 cm³/mol. The second kappa shape index (κ2) is 5.38. The van der Waals surface area contributed by atoms with Crippen molar-refractivity contribution < 1.29 is 14.3 Å². The van der Waals surface area contributed by atoms with E-state index < -0.39 is 12.1 Å². The second-order valence-corrected chi connectivity index (χ2v) is 3.44. The van der Waals surface area contributed by atoms with Crippen molar-refractivity contribution in [2.75, 3.05) is 7.11 Å². The smallest absolute Gasteiger partial charge is 0.346 e. The zero-order chi connectivity index (χ0) is 12.1. The molecule has 0 fully saturated rings. The molecule has 0 aromatic heterocycles. The Morgan fingerprint density at radius 2 is 2.25 bits per heavy atom. The quantitative estimate of drug-likeness (QED) is 0.759. The molecule has 0 heterocycles. The van der Waals surface area contributed by atoms with Crippen molar-refractivity contribution in [1.29, 1.82) is 5.26 Å². The molecule has 1 aromatic rings. The second-order valence-electron chi connectivity index (χ2n) is 3.04. The van der Waals surface area contributed by atoms with Gasteiger partial charge in [0.1, 0.15) is 11.8 Å². The van der Waals surface area contributed by atoms with Crippen molar-refractivity contribution in [3.05, 3.63) is 28.8 Å². The van der Waals surface area contributed by atoms with Crippen LogP contribution < -0.4 is 4.74 Å². The van der Waals surface area contributed by atoms with E-state index in [9.17, 15) is 4.79 Å². The first-order valence-corrected chi connectivity index (χ1v) is 4.90. The molecule has 0 bridgehead atoms. The highest BCUT2D eigenvalue weighted by molar-refractivity contribution is 6.31. The molecular weight excluding hydrogens is 230 g/mol. The third-order valence-electron chi connectivity index (χ3n) is 1.91. The van der Waals surface area contributed by atoms with Crippen LogP contribution in [0.25, 0.3) is 0 Å². The first-order valence-electron chi connectivity index (χ1n) is 4.52. The number of nitriles is 1. The average molecular weight is 240 g/mol. The summed E-state index contributed by atoms with van der Waals surface area (Å²) in [5.74, 6) is -0.0533. The van der Waals surface area contributed by atoms with Gasteiger partial charge in [-0.25, -0.2) is 4.79 Å². The molecule has 0 amide bonds. The fourth-order valence-corrected chi connectivity index (χ4v) is 1.29. The first-order chi connectivity index (χ1) is 7.58. The highest BCUT2D eigenvalue weighted by atomic mass is 35.5. The fraction of sp³-hybridized carbons (Fsp3) is 0.273. The predicted octanol–water partition coefficient (Wildman–Crippen LogP) is 2.15. The molecule has 0 radical (unpaired) electrons. The molecule has 0 aliphatic rings. The molecule has 0 aliphatic heterocycles. The van der Waals surface area contributed by atoms with E-state index in [0.29, 0.717) is 11.3 Å². The minimum Gasteiger partial charge on any atom is -0.479 e. The summed E-state index contributed by atoms with van der Waals surface area (Å²) in [5, 5.41) is 8.96. The summed E-state index contributed by atoms with van der Waals surface area (Å²) in [6.07, 6.45) is -0.714. The van der Waals surface area contributed by atoms with Gasteiger partial charge in [0.15, 0.2) is 6.10 Å². The summed E-state index contributed by atoms with van der Waals surface area (Å²) >= 11 is 5.81. The van der Waals surface area contributed by atoms with Gasteiger partial charge in [0.05, 0.1) is 17.7 Å². The number of hydrogen-bond acceptors (Lipinski definition) is 4. The number of esters is 1. The van der Waals surface area contributed by atoms with Crippen molar-refractivity contribution in [1.82, 2.24) is 0 Å². The molecule has 1 atom stereocenters. The van der Waals surface area contributed by atoms with Crippen LogP contribution in [0.1, 0.15) is 12.5 Å². The molecule has 0 aliphatic carbocycles. The molecule has 0 saturated heterocycles. The van der Waals surface area contributed by atoms with Crippen LogP contribution in [0.15, 0.2) is 18.2 Å².